The highest BCUT2D eigenvalue weighted by molar-refractivity contribution is 6.34. The van der Waals surface area contributed by atoms with Crippen LogP contribution in [0.2, 0.25) is 5.02 Å². The van der Waals surface area contributed by atoms with Crippen molar-refractivity contribution in [3.8, 4) is 28.2 Å². The maximum atomic E-state index is 12.5. The molecule has 0 saturated heterocycles. The summed E-state index contributed by atoms with van der Waals surface area (Å²) in [6.45, 7) is 3.84. The normalized spacial score (nSPS) is 11.2. The first-order valence-corrected chi connectivity index (χ1v) is 8.97. The Balaban J connectivity index is 1.95. The fourth-order valence-electron chi connectivity index (χ4n) is 3.15. The molecule has 5 nitrogen and oxygen atoms in total. The lowest BCUT2D eigenvalue weighted by atomic mass is 9.99. The fraction of sp³-hybridized carbons (Fsp3) is 0.143. The molecule has 136 valence electrons. The van der Waals surface area contributed by atoms with E-state index in [1.165, 1.54) is 5.56 Å². The van der Waals surface area contributed by atoms with Gasteiger partial charge in [-0.15, -0.1) is 0 Å². The number of aromatic amines is 1. The zero-order valence-electron chi connectivity index (χ0n) is 14.8. The SMILES string of the molecule is CCc1ccc(-c2cc3c(O)c(-c4cc(C)no4)c(=O)[nH]c3cc2Cl)cc1. The Morgan fingerprint density at radius 1 is 1.19 bits per heavy atom. The summed E-state index contributed by atoms with van der Waals surface area (Å²) >= 11 is 6.44. The van der Waals surface area contributed by atoms with Crippen LogP contribution in [0.25, 0.3) is 33.4 Å². The van der Waals surface area contributed by atoms with E-state index in [4.69, 9.17) is 16.1 Å². The lowest BCUT2D eigenvalue weighted by Gasteiger charge is -2.10. The van der Waals surface area contributed by atoms with Gasteiger partial charge in [-0.1, -0.05) is 47.9 Å². The van der Waals surface area contributed by atoms with Crippen LogP contribution in [0.3, 0.4) is 0 Å². The molecule has 0 fully saturated rings. The van der Waals surface area contributed by atoms with E-state index in [0.717, 1.165) is 17.5 Å². The molecule has 0 bridgehead atoms. The molecule has 2 N–H and O–H groups in total. The zero-order valence-corrected chi connectivity index (χ0v) is 15.6. The number of aromatic hydroxyl groups is 1. The Morgan fingerprint density at radius 3 is 2.56 bits per heavy atom. The van der Waals surface area contributed by atoms with E-state index in [0.29, 0.717) is 21.6 Å². The first-order chi connectivity index (χ1) is 13.0. The molecule has 2 aromatic heterocycles. The highest BCUT2D eigenvalue weighted by atomic mass is 35.5. The number of H-pyrrole nitrogens is 1. The van der Waals surface area contributed by atoms with E-state index in [9.17, 15) is 9.90 Å². The van der Waals surface area contributed by atoms with Crippen molar-refractivity contribution in [2.75, 3.05) is 0 Å². The molecule has 0 aliphatic carbocycles. The van der Waals surface area contributed by atoms with Crippen molar-refractivity contribution in [1.82, 2.24) is 10.1 Å². The van der Waals surface area contributed by atoms with Crippen molar-refractivity contribution in [1.29, 1.82) is 0 Å². The largest absolute Gasteiger partial charge is 0.506 e. The molecule has 0 saturated carbocycles. The minimum Gasteiger partial charge on any atom is -0.506 e. The van der Waals surface area contributed by atoms with Gasteiger partial charge >= 0.3 is 0 Å². The lowest BCUT2D eigenvalue weighted by Crippen LogP contribution is -2.09. The van der Waals surface area contributed by atoms with Crippen LogP contribution in [0, 0.1) is 6.92 Å². The van der Waals surface area contributed by atoms with E-state index < -0.39 is 5.56 Å². The standard InChI is InChI=1S/C21H17ClN2O3/c1-3-12-4-6-13(7-5-12)14-9-15-17(10-16(14)22)23-21(26)19(20(15)25)18-8-11(2)24-27-18/h4-10H,3H2,1-2H3,(H2,23,25,26). The number of pyridine rings is 1. The van der Waals surface area contributed by atoms with Crippen molar-refractivity contribution < 1.29 is 9.63 Å². The van der Waals surface area contributed by atoms with Gasteiger partial charge in [-0.2, -0.15) is 0 Å². The first-order valence-electron chi connectivity index (χ1n) is 8.59. The number of hydrogen-bond donors (Lipinski definition) is 2. The van der Waals surface area contributed by atoms with Crippen molar-refractivity contribution in [3.63, 3.8) is 0 Å². The Morgan fingerprint density at radius 2 is 1.93 bits per heavy atom. The summed E-state index contributed by atoms with van der Waals surface area (Å²) in [4.78, 5) is 15.2. The highest BCUT2D eigenvalue weighted by Gasteiger charge is 2.19. The molecular weight excluding hydrogens is 364 g/mol. The molecular formula is C21H17ClN2O3. The van der Waals surface area contributed by atoms with Crippen molar-refractivity contribution in [2.24, 2.45) is 0 Å². The molecule has 0 spiro atoms. The molecule has 0 unspecified atom stereocenters. The molecule has 6 heteroatoms. The number of hydrogen-bond acceptors (Lipinski definition) is 4. The fourth-order valence-corrected chi connectivity index (χ4v) is 3.42. The number of aromatic nitrogens is 2. The van der Waals surface area contributed by atoms with E-state index in [2.05, 4.69) is 17.1 Å². The maximum Gasteiger partial charge on any atom is 0.263 e. The lowest BCUT2D eigenvalue weighted by molar-refractivity contribution is 0.421. The van der Waals surface area contributed by atoms with Gasteiger partial charge < -0.3 is 14.6 Å². The third kappa shape index (κ3) is 3.00. The molecule has 0 aliphatic rings. The average Bonchev–Trinajstić information content (AvgIpc) is 3.07. The molecule has 2 aromatic carbocycles. The second-order valence-corrected chi connectivity index (χ2v) is 6.85. The van der Waals surface area contributed by atoms with Crippen LogP contribution in [0.1, 0.15) is 18.2 Å². The number of aryl methyl sites for hydroxylation is 2. The molecule has 27 heavy (non-hydrogen) atoms. The molecule has 0 radical (unpaired) electrons. The minimum atomic E-state index is -0.465. The van der Waals surface area contributed by atoms with E-state index in [-0.39, 0.29) is 17.1 Å². The predicted molar refractivity (Wildman–Crippen MR) is 106 cm³/mol. The Kier molecular flexibility index (Phi) is 4.24. The van der Waals surface area contributed by atoms with Gasteiger partial charge in [0.25, 0.3) is 5.56 Å². The Labute approximate surface area is 160 Å². The minimum absolute atomic E-state index is 0.0534. The van der Waals surface area contributed by atoms with Crippen LogP contribution in [0.4, 0.5) is 0 Å². The van der Waals surface area contributed by atoms with Crippen molar-refractivity contribution in [2.45, 2.75) is 20.3 Å². The number of fused-ring (bicyclic) bond motifs is 1. The van der Waals surface area contributed by atoms with Gasteiger partial charge in [-0.3, -0.25) is 4.79 Å². The predicted octanol–water partition coefficient (Wildman–Crippen LogP) is 5.08. The van der Waals surface area contributed by atoms with Crippen molar-refractivity contribution in [3.05, 3.63) is 69.1 Å². The van der Waals surface area contributed by atoms with Gasteiger partial charge in [0.15, 0.2) is 5.76 Å². The Bertz CT molecular complexity index is 1210. The quantitative estimate of drug-likeness (QED) is 0.519. The van der Waals surface area contributed by atoms with Gasteiger partial charge in [-0.05, 0) is 36.6 Å². The first kappa shape index (κ1) is 17.4. The highest BCUT2D eigenvalue weighted by Crippen LogP contribution is 2.38. The molecule has 2 heterocycles. The number of nitrogens with one attached hydrogen (secondary N) is 1. The molecule has 4 rings (SSSR count). The summed E-state index contributed by atoms with van der Waals surface area (Å²) in [7, 11) is 0. The average molecular weight is 381 g/mol. The number of halogens is 1. The molecule has 4 aromatic rings. The topological polar surface area (TPSA) is 79.1 Å². The van der Waals surface area contributed by atoms with Crippen LogP contribution in [0.15, 0.2) is 51.8 Å². The second kappa shape index (κ2) is 6.59. The van der Waals surface area contributed by atoms with Gasteiger partial charge in [0.1, 0.15) is 11.3 Å². The number of rotatable bonds is 3. The van der Waals surface area contributed by atoms with E-state index in [1.807, 2.05) is 24.3 Å². The van der Waals surface area contributed by atoms with Gasteiger partial charge in [0.2, 0.25) is 0 Å². The summed E-state index contributed by atoms with van der Waals surface area (Å²) in [5.74, 6) is 0.0601. The maximum absolute atomic E-state index is 12.5. The van der Waals surface area contributed by atoms with Crippen LogP contribution in [0.5, 0.6) is 5.75 Å². The monoisotopic (exact) mass is 380 g/mol. The summed E-state index contributed by atoms with van der Waals surface area (Å²) < 4.78 is 5.17. The van der Waals surface area contributed by atoms with E-state index in [1.54, 1.807) is 25.1 Å². The Hall–Kier alpha value is -3.05. The van der Waals surface area contributed by atoms with Crippen molar-refractivity contribution >= 4 is 22.5 Å². The summed E-state index contributed by atoms with van der Waals surface area (Å²) in [6, 6.07) is 13.1. The van der Waals surface area contributed by atoms with Crippen LogP contribution >= 0.6 is 11.6 Å². The summed E-state index contributed by atoms with van der Waals surface area (Å²) in [6.07, 6.45) is 0.952. The third-order valence-corrected chi connectivity index (χ3v) is 4.93. The van der Waals surface area contributed by atoms with E-state index >= 15 is 0 Å². The van der Waals surface area contributed by atoms with Gasteiger partial charge in [0.05, 0.1) is 16.2 Å². The van der Waals surface area contributed by atoms with Crippen LogP contribution < -0.4 is 5.56 Å². The third-order valence-electron chi connectivity index (χ3n) is 4.62. The number of nitrogens with zero attached hydrogens (tertiary/aromatic N) is 1. The van der Waals surface area contributed by atoms with Gasteiger partial charge in [-0.25, -0.2) is 0 Å². The van der Waals surface area contributed by atoms with Gasteiger partial charge in [0, 0.05) is 17.0 Å². The molecule has 0 atom stereocenters. The molecule has 0 aliphatic heterocycles. The van der Waals surface area contributed by atoms with Crippen LogP contribution in [-0.2, 0) is 6.42 Å². The smallest absolute Gasteiger partial charge is 0.263 e. The summed E-state index contributed by atoms with van der Waals surface area (Å²) in [5, 5.41) is 15.6. The zero-order chi connectivity index (χ0) is 19.1. The molecule has 0 amide bonds. The number of benzene rings is 2. The van der Waals surface area contributed by atoms with Crippen LogP contribution in [-0.4, -0.2) is 15.2 Å². The summed E-state index contributed by atoms with van der Waals surface area (Å²) in [5.41, 5.74) is 3.60. The second-order valence-electron chi connectivity index (χ2n) is 6.44.